The molecule has 7 heteroatoms. The van der Waals surface area contributed by atoms with Crippen LogP contribution in [0.4, 0.5) is 24.8 Å². The van der Waals surface area contributed by atoms with Crippen LogP contribution in [0.25, 0.3) is 0 Å². The van der Waals surface area contributed by atoms with Crippen LogP contribution in [0.15, 0.2) is 29.1 Å². The van der Waals surface area contributed by atoms with Crippen LogP contribution in [-0.4, -0.2) is 9.55 Å². The molecular weight excluding hydrogens is 295 g/mol. The standard InChI is InChI=1S/C15H14F3N3O/c1-21-13(22)8-12(15(16,17)18)20-14(21)19-11-7-3-5-9-4-2-6-10(9)11/h3,5,7-8H,2,4,6H2,1H3,(H,19,20). The molecule has 4 nitrogen and oxygen atoms in total. The zero-order chi connectivity index (χ0) is 15.9. The van der Waals surface area contributed by atoms with Crippen molar-refractivity contribution in [2.24, 2.45) is 7.05 Å². The first-order valence-corrected chi connectivity index (χ1v) is 6.89. The number of hydrogen-bond donors (Lipinski definition) is 1. The van der Waals surface area contributed by atoms with E-state index < -0.39 is 17.4 Å². The Kier molecular flexibility index (Phi) is 3.42. The first kappa shape index (κ1) is 14.6. The fraction of sp³-hybridized carbons (Fsp3) is 0.333. The molecule has 22 heavy (non-hydrogen) atoms. The molecule has 1 aliphatic rings. The van der Waals surface area contributed by atoms with Crippen molar-refractivity contribution in [2.45, 2.75) is 25.4 Å². The summed E-state index contributed by atoms with van der Waals surface area (Å²) >= 11 is 0. The Balaban J connectivity index is 2.05. The highest BCUT2D eigenvalue weighted by Crippen LogP contribution is 2.31. The van der Waals surface area contributed by atoms with Gasteiger partial charge in [0.15, 0.2) is 5.69 Å². The normalized spacial score (nSPS) is 14.0. The van der Waals surface area contributed by atoms with Gasteiger partial charge in [-0.2, -0.15) is 13.2 Å². The van der Waals surface area contributed by atoms with Crippen LogP contribution in [0.3, 0.4) is 0 Å². The lowest BCUT2D eigenvalue weighted by molar-refractivity contribution is -0.141. The van der Waals surface area contributed by atoms with Gasteiger partial charge in [-0.15, -0.1) is 0 Å². The molecule has 1 heterocycles. The van der Waals surface area contributed by atoms with Crippen molar-refractivity contribution >= 4 is 11.6 Å². The van der Waals surface area contributed by atoms with Crippen molar-refractivity contribution in [3.63, 3.8) is 0 Å². The van der Waals surface area contributed by atoms with Crippen molar-refractivity contribution < 1.29 is 13.2 Å². The zero-order valence-corrected chi connectivity index (χ0v) is 11.9. The van der Waals surface area contributed by atoms with Crippen molar-refractivity contribution in [1.29, 1.82) is 0 Å². The van der Waals surface area contributed by atoms with E-state index in [1.165, 1.54) is 12.6 Å². The average molecular weight is 309 g/mol. The summed E-state index contributed by atoms with van der Waals surface area (Å²) in [6, 6.07) is 6.14. The monoisotopic (exact) mass is 309 g/mol. The average Bonchev–Trinajstić information content (AvgIpc) is 2.92. The third-order valence-electron chi connectivity index (χ3n) is 3.82. The van der Waals surface area contributed by atoms with Gasteiger partial charge in [0.2, 0.25) is 5.95 Å². The molecule has 0 bridgehead atoms. The molecule has 1 aromatic heterocycles. The Hall–Kier alpha value is -2.31. The highest BCUT2D eigenvalue weighted by Gasteiger charge is 2.34. The largest absolute Gasteiger partial charge is 0.433 e. The molecule has 0 unspecified atom stereocenters. The van der Waals surface area contributed by atoms with Gasteiger partial charge in [-0.3, -0.25) is 9.36 Å². The molecule has 1 aromatic carbocycles. The third kappa shape index (κ3) is 2.58. The number of aryl methyl sites for hydroxylation is 1. The van der Waals surface area contributed by atoms with Crippen LogP contribution in [-0.2, 0) is 26.1 Å². The lowest BCUT2D eigenvalue weighted by Gasteiger charge is -2.15. The number of alkyl halides is 3. The minimum atomic E-state index is -4.65. The van der Waals surface area contributed by atoms with Crippen molar-refractivity contribution in [3.8, 4) is 0 Å². The second-order valence-corrected chi connectivity index (χ2v) is 5.28. The van der Waals surface area contributed by atoms with Gasteiger partial charge >= 0.3 is 6.18 Å². The smallest absolute Gasteiger partial charge is 0.325 e. The summed E-state index contributed by atoms with van der Waals surface area (Å²) in [5.74, 6) is -0.111. The molecule has 0 saturated heterocycles. The fourth-order valence-electron chi connectivity index (χ4n) is 2.65. The number of nitrogens with zero attached hydrogens (tertiary/aromatic N) is 2. The Bertz CT molecular complexity index is 781. The van der Waals surface area contributed by atoms with E-state index in [2.05, 4.69) is 10.3 Å². The van der Waals surface area contributed by atoms with E-state index in [9.17, 15) is 18.0 Å². The molecule has 0 radical (unpaired) electrons. The highest BCUT2D eigenvalue weighted by molar-refractivity contribution is 5.62. The first-order valence-electron chi connectivity index (χ1n) is 6.89. The fourth-order valence-corrected chi connectivity index (χ4v) is 2.65. The van der Waals surface area contributed by atoms with Gasteiger partial charge in [0.05, 0.1) is 0 Å². The van der Waals surface area contributed by atoms with E-state index in [1.807, 2.05) is 12.1 Å². The van der Waals surface area contributed by atoms with Crippen LogP contribution in [0, 0.1) is 0 Å². The molecule has 2 aromatic rings. The van der Waals surface area contributed by atoms with Gasteiger partial charge in [-0.25, -0.2) is 4.98 Å². The maximum absolute atomic E-state index is 12.8. The molecule has 0 aliphatic heterocycles. The molecule has 1 aliphatic carbocycles. The minimum Gasteiger partial charge on any atom is -0.325 e. The lowest BCUT2D eigenvalue weighted by Crippen LogP contribution is -2.24. The van der Waals surface area contributed by atoms with Gasteiger partial charge in [0.1, 0.15) is 0 Å². The Morgan fingerprint density at radius 1 is 1.27 bits per heavy atom. The lowest BCUT2D eigenvalue weighted by atomic mass is 10.1. The quantitative estimate of drug-likeness (QED) is 0.927. The van der Waals surface area contributed by atoms with Crippen molar-refractivity contribution in [2.75, 3.05) is 5.32 Å². The second-order valence-electron chi connectivity index (χ2n) is 5.28. The zero-order valence-electron chi connectivity index (χ0n) is 11.9. The summed E-state index contributed by atoms with van der Waals surface area (Å²) in [6.45, 7) is 0. The van der Waals surface area contributed by atoms with E-state index >= 15 is 0 Å². The SMILES string of the molecule is Cn1c(Nc2cccc3c2CCC3)nc(C(F)(F)F)cc1=O. The van der Waals surface area contributed by atoms with E-state index in [0.29, 0.717) is 11.8 Å². The summed E-state index contributed by atoms with van der Waals surface area (Å²) in [6.07, 6.45) is -1.81. The third-order valence-corrected chi connectivity index (χ3v) is 3.82. The maximum atomic E-state index is 12.8. The number of halogens is 3. The van der Waals surface area contributed by atoms with Gasteiger partial charge in [0.25, 0.3) is 5.56 Å². The van der Waals surface area contributed by atoms with Gasteiger partial charge in [-0.05, 0) is 36.5 Å². The number of nitrogens with one attached hydrogen (secondary N) is 1. The molecule has 0 saturated carbocycles. The summed E-state index contributed by atoms with van der Waals surface area (Å²) in [5.41, 5.74) is 1.02. The summed E-state index contributed by atoms with van der Waals surface area (Å²) in [7, 11) is 1.39. The van der Waals surface area contributed by atoms with Crippen LogP contribution < -0.4 is 10.9 Å². The highest BCUT2D eigenvalue weighted by atomic mass is 19.4. The Labute approximate surface area is 124 Å². The Morgan fingerprint density at radius 3 is 2.77 bits per heavy atom. The maximum Gasteiger partial charge on any atom is 0.433 e. The summed E-state index contributed by atoms with van der Waals surface area (Å²) < 4.78 is 39.5. The van der Waals surface area contributed by atoms with E-state index in [0.717, 1.165) is 29.4 Å². The predicted molar refractivity (Wildman–Crippen MR) is 76.2 cm³/mol. The molecule has 0 amide bonds. The van der Waals surface area contributed by atoms with Crippen LogP contribution in [0.1, 0.15) is 23.2 Å². The molecule has 0 atom stereocenters. The topological polar surface area (TPSA) is 46.9 Å². The molecule has 3 rings (SSSR count). The number of aromatic nitrogens is 2. The van der Waals surface area contributed by atoms with Gasteiger partial charge in [0, 0.05) is 18.8 Å². The number of hydrogen-bond acceptors (Lipinski definition) is 3. The summed E-state index contributed by atoms with van der Waals surface area (Å²) in [4.78, 5) is 15.3. The predicted octanol–water partition coefficient (Wildman–Crippen LogP) is 3.03. The van der Waals surface area contributed by atoms with Crippen LogP contribution >= 0.6 is 0 Å². The minimum absolute atomic E-state index is 0.111. The Morgan fingerprint density at radius 2 is 2.05 bits per heavy atom. The van der Waals surface area contributed by atoms with Gasteiger partial charge < -0.3 is 5.32 Å². The number of anilines is 2. The van der Waals surface area contributed by atoms with E-state index in [1.54, 1.807) is 6.07 Å². The first-order chi connectivity index (χ1) is 10.4. The van der Waals surface area contributed by atoms with E-state index in [-0.39, 0.29) is 5.95 Å². The summed E-state index contributed by atoms with van der Waals surface area (Å²) in [5, 5.41) is 2.88. The number of fused-ring (bicyclic) bond motifs is 1. The number of benzene rings is 1. The number of rotatable bonds is 2. The molecule has 0 fully saturated rings. The van der Waals surface area contributed by atoms with Crippen molar-refractivity contribution in [3.05, 3.63) is 51.4 Å². The van der Waals surface area contributed by atoms with Gasteiger partial charge in [-0.1, -0.05) is 12.1 Å². The molecule has 1 N–H and O–H groups in total. The molecular formula is C15H14F3N3O. The van der Waals surface area contributed by atoms with E-state index in [4.69, 9.17) is 0 Å². The van der Waals surface area contributed by atoms with Crippen LogP contribution in [0.5, 0.6) is 0 Å². The molecule has 116 valence electrons. The molecule has 0 spiro atoms. The van der Waals surface area contributed by atoms with Crippen molar-refractivity contribution in [1.82, 2.24) is 9.55 Å². The second kappa shape index (κ2) is 5.15. The van der Waals surface area contributed by atoms with Crippen LogP contribution in [0.2, 0.25) is 0 Å².